The van der Waals surface area contributed by atoms with Crippen LogP contribution >= 0.6 is 11.3 Å². The summed E-state index contributed by atoms with van der Waals surface area (Å²) in [5.74, 6) is 0.0585. The molecule has 1 amide bonds. The highest BCUT2D eigenvalue weighted by atomic mass is 32.1. The summed E-state index contributed by atoms with van der Waals surface area (Å²) >= 11 is 1.12. The molecule has 0 aliphatic heterocycles. The Kier molecular flexibility index (Phi) is 6.01. The van der Waals surface area contributed by atoms with Crippen LogP contribution in [0.25, 0.3) is 10.2 Å². The molecule has 3 N–H and O–H groups in total. The number of amides is 1. The summed E-state index contributed by atoms with van der Waals surface area (Å²) in [7, 11) is 0. The monoisotopic (exact) mass is 423 g/mol. The molecular formula is C23H25N3O3S. The van der Waals surface area contributed by atoms with Crippen molar-refractivity contribution in [2.45, 2.75) is 25.3 Å². The lowest BCUT2D eigenvalue weighted by molar-refractivity contribution is -0.128. The van der Waals surface area contributed by atoms with Gasteiger partial charge in [-0.05, 0) is 54.6 Å². The molecule has 0 saturated carbocycles. The molecule has 0 fully saturated rings. The molecule has 1 heterocycles. The van der Waals surface area contributed by atoms with Crippen LogP contribution in [0.4, 0.5) is 0 Å². The van der Waals surface area contributed by atoms with Gasteiger partial charge in [-0.2, -0.15) is 0 Å². The first-order chi connectivity index (χ1) is 14.6. The molecule has 6 nitrogen and oxygen atoms in total. The minimum atomic E-state index is -0.170. The molecule has 0 bridgehead atoms. The first-order valence-corrected chi connectivity index (χ1v) is 10.9. The maximum atomic E-state index is 12.4. The van der Waals surface area contributed by atoms with E-state index in [2.05, 4.69) is 29.0 Å². The number of hydrogen-bond donors (Lipinski definition) is 3. The summed E-state index contributed by atoms with van der Waals surface area (Å²) in [5, 5.41) is 13.3. The van der Waals surface area contributed by atoms with E-state index in [9.17, 15) is 14.7 Å². The summed E-state index contributed by atoms with van der Waals surface area (Å²) in [6, 6.07) is 12.0. The Hall–Kier alpha value is -2.90. The van der Waals surface area contributed by atoms with E-state index in [4.69, 9.17) is 0 Å². The standard InChI is InChI=1S/C23H25N3O3S/c1-2-20(28)26(18-13-16-5-3-4-6-17(16)14-18)12-11-24-10-9-15-7-8-19(27)21-22(15)30-23(29)25-21/h2-8,18,24,27H,1,9-14H2,(H,25,29). The minimum Gasteiger partial charge on any atom is -0.506 e. The summed E-state index contributed by atoms with van der Waals surface area (Å²) in [6.45, 7) is 5.67. The molecule has 156 valence electrons. The Morgan fingerprint density at radius 2 is 1.97 bits per heavy atom. The number of rotatable bonds is 8. The third-order valence-electron chi connectivity index (χ3n) is 5.67. The second-order valence-corrected chi connectivity index (χ2v) is 8.51. The van der Waals surface area contributed by atoms with Gasteiger partial charge < -0.3 is 20.3 Å². The highest BCUT2D eigenvalue weighted by Crippen LogP contribution is 2.28. The lowest BCUT2D eigenvalue weighted by Crippen LogP contribution is -2.44. The number of nitrogens with zero attached hydrogens (tertiary/aromatic N) is 1. The molecule has 1 aromatic heterocycles. The van der Waals surface area contributed by atoms with Crippen LogP contribution in [0, 0.1) is 0 Å². The van der Waals surface area contributed by atoms with Gasteiger partial charge in [-0.1, -0.05) is 48.2 Å². The molecule has 0 radical (unpaired) electrons. The molecule has 7 heteroatoms. The van der Waals surface area contributed by atoms with Gasteiger partial charge in [0.2, 0.25) is 5.91 Å². The van der Waals surface area contributed by atoms with E-state index in [0.717, 1.165) is 40.9 Å². The van der Waals surface area contributed by atoms with Gasteiger partial charge in [-0.15, -0.1) is 0 Å². The first-order valence-electron chi connectivity index (χ1n) is 10.1. The molecule has 3 aromatic rings. The van der Waals surface area contributed by atoms with E-state index in [0.29, 0.717) is 25.2 Å². The number of fused-ring (bicyclic) bond motifs is 2. The van der Waals surface area contributed by atoms with E-state index >= 15 is 0 Å². The van der Waals surface area contributed by atoms with Crippen LogP contribution in [0.5, 0.6) is 5.75 Å². The third-order valence-corrected chi connectivity index (χ3v) is 6.63. The lowest BCUT2D eigenvalue weighted by atomic mass is 10.1. The molecular weight excluding hydrogens is 398 g/mol. The first kappa shape index (κ1) is 20.4. The van der Waals surface area contributed by atoms with E-state index in [1.54, 1.807) is 6.07 Å². The quantitative estimate of drug-likeness (QED) is 0.384. The fourth-order valence-electron chi connectivity index (χ4n) is 4.16. The van der Waals surface area contributed by atoms with Crippen molar-refractivity contribution in [1.29, 1.82) is 0 Å². The fourth-order valence-corrected chi connectivity index (χ4v) is 5.06. The van der Waals surface area contributed by atoms with Crippen molar-refractivity contribution < 1.29 is 9.90 Å². The van der Waals surface area contributed by atoms with Gasteiger partial charge in [0, 0.05) is 19.1 Å². The molecule has 4 rings (SSSR count). The number of carbonyl (C=O) groups is 1. The third kappa shape index (κ3) is 4.17. The predicted octanol–water partition coefficient (Wildman–Crippen LogP) is 2.61. The van der Waals surface area contributed by atoms with Crippen LogP contribution in [-0.2, 0) is 24.1 Å². The number of thiazole rings is 1. The number of benzene rings is 2. The zero-order valence-electron chi connectivity index (χ0n) is 16.7. The molecule has 0 spiro atoms. The summed E-state index contributed by atoms with van der Waals surface area (Å²) in [4.78, 5) is 28.5. The topological polar surface area (TPSA) is 85.4 Å². The molecule has 2 aromatic carbocycles. The van der Waals surface area contributed by atoms with Gasteiger partial charge in [-0.3, -0.25) is 9.59 Å². The van der Waals surface area contributed by atoms with E-state index < -0.39 is 0 Å². The van der Waals surface area contributed by atoms with Crippen molar-refractivity contribution in [3.05, 3.63) is 75.4 Å². The predicted molar refractivity (Wildman–Crippen MR) is 120 cm³/mol. The second-order valence-electron chi connectivity index (χ2n) is 7.53. The number of carbonyl (C=O) groups excluding carboxylic acids is 1. The Morgan fingerprint density at radius 1 is 1.23 bits per heavy atom. The van der Waals surface area contributed by atoms with Gasteiger partial charge in [0.05, 0.1) is 4.70 Å². The number of nitrogens with one attached hydrogen (secondary N) is 2. The number of hydrogen-bond acceptors (Lipinski definition) is 5. The zero-order valence-corrected chi connectivity index (χ0v) is 17.5. The number of H-pyrrole nitrogens is 1. The molecule has 1 aliphatic carbocycles. The van der Waals surface area contributed by atoms with Crippen LogP contribution in [0.2, 0.25) is 0 Å². The fraction of sp³-hybridized carbons (Fsp3) is 0.304. The summed E-state index contributed by atoms with van der Waals surface area (Å²) < 4.78 is 0.800. The van der Waals surface area contributed by atoms with Crippen LogP contribution < -0.4 is 10.2 Å². The van der Waals surface area contributed by atoms with Crippen LogP contribution in [-0.4, -0.2) is 46.6 Å². The van der Waals surface area contributed by atoms with Crippen molar-refractivity contribution in [2.75, 3.05) is 19.6 Å². The average molecular weight is 424 g/mol. The van der Waals surface area contributed by atoms with Gasteiger partial charge >= 0.3 is 4.87 Å². The Balaban J connectivity index is 1.33. The van der Waals surface area contributed by atoms with Crippen molar-refractivity contribution in [1.82, 2.24) is 15.2 Å². The van der Waals surface area contributed by atoms with Crippen LogP contribution in [0.1, 0.15) is 16.7 Å². The lowest BCUT2D eigenvalue weighted by Gasteiger charge is -2.28. The van der Waals surface area contributed by atoms with Crippen molar-refractivity contribution in [3.8, 4) is 5.75 Å². The molecule has 0 atom stereocenters. The number of aromatic hydroxyl groups is 1. The van der Waals surface area contributed by atoms with Gasteiger partial charge in [-0.25, -0.2) is 0 Å². The highest BCUT2D eigenvalue weighted by Gasteiger charge is 2.28. The van der Waals surface area contributed by atoms with Crippen molar-refractivity contribution in [3.63, 3.8) is 0 Å². The van der Waals surface area contributed by atoms with Gasteiger partial charge in [0.1, 0.15) is 11.3 Å². The molecule has 0 unspecified atom stereocenters. The van der Waals surface area contributed by atoms with Crippen molar-refractivity contribution in [2.24, 2.45) is 0 Å². The molecule has 0 saturated heterocycles. The molecule has 30 heavy (non-hydrogen) atoms. The normalized spacial score (nSPS) is 13.5. The average Bonchev–Trinajstić information content (AvgIpc) is 3.35. The smallest absolute Gasteiger partial charge is 0.305 e. The largest absolute Gasteiger partial charge is 0.506 e. The van der Waals surface area contributed by atoms with Gasteiger partial charge in [0.25, 0.3) is 0 Å². The van der Waals surface area contributed by atoms with Crippen molar-refractivity contribution >= 4 is 27.5 Å². The summed E-state index contributed by atoms with van der Waals surface area (Å²) in [5.41, 5.74) is 4.16. The SMILES string of the molecule is C=CC(=O)N(CCNCCc1ccc(O)c2[nH]c(=O)sc12)C1Cc2ccccc2C1. The number of phenolic OH excluding ortho intramolecular Hbond substituents is 1. The Bertz CT molecular complexity index is 1110. The summed E-state index contributed by atoms with van der Waals surface area (Å²) in [6.07, 6.45) is 3.89. The van der Waals surface area contributed by atoms with Crippen LogP contribution in [0.3, 0.4) is 0 Å². The Morgan fingerprint density at radius 3 is 2.67 bits per heavy atom. The number of phenols is 1. The Labute approximate surface area is 178 Å². The number of aromatic amines is 1. The van der Waals surface area contributed by atoms with Gasteiger partial charge in [0.15, 0.2) is 0 Å². The maximum absolute atomic E-state index is 12.4. The van der Waals surface area contributed by atoms with Crippen LogP contribution in [0.15, 0.2) is 53.8 Å². The second kappa shape index (κ2) is 8.85. The molecule has 1 aliphatic rings. The maximum Gasteiger partial charge on any atom is 0.305 e. The van der Waals surface area contributed by atoms with E-state index in [1.807, 2.05) is 23.1 Å². The zero-order chi connectivity index (χ0) is 21.1. The highest BCUT2D eigenvalue weighted by molar-refractivity contribution is 7.16. The van der Waals surface area contributed by atoms with E-state index in [-0.39, 0.29) is 22.6 Å². The van der Waals surface area contributed by atoms with E-state index in [1.165, 1.54) is 17.2 Å². The number of aromatic nitrogens is 1. The minimum absolute atomic E-state index is 0.0352.